The fourth-order valence-corrected chi connectivity index (χ4v) is 2.76. The van der Waals surface area contributed by atoms with Crippen LogP contribution in [0.15, 0.2) is 18.3 Å². The van der Waals surface area contributed by atoms with Gasteiger partial charge in [0, 0.05) is 18.8 Å². The number of aromatic nitrogens is 1. The Kier molecular flexibility index (Phi) is 3.37. The van der Waals surface area contributed by atoms with Crippen LogP contribution in [0.3, 0.4) is 0 Å². The molecule has 3 rings (SSSR count). The number of amides is 1. The summed E-state index contributed by atoms with van der Waals surface area (Å²) in [6.45, 7) is 3.10. The Labute approximate surface area is 108 Å². The number of H-pyrrole nitrogens is 1. The second kappa shape index (κ2) is 5.14. The Hall–Kier alpha value is -1.29. The van der Waals surface area contributed by atoms with Crippen molar-refractivity contribution in [3.8, 4) is 0 Å². The highest BCUT2D eigenvalue weighted by atomic mass is 16.2. The van der Waals surface area contributed by atoms with Crippen LogP contribution < -0.4 is 5.32 Å². The first kappa shape index (κ1) is 11.8. The van der Waals surface area contributed by atoms with E-state index in [9.17, 15) is 4.79 Å². The summed E-state index contributed by atoms with van der Waals surface area (Å²) in [5.41, 5.74) is 0.727. The molecule has 1 aromatic rings. The second-order valence-electron chi connectivity index (χ2n) is 5.48. The molecule has 1 aliphatic carbocycles. The van der Waals surface area contributed by atoms with E-state index in [1.165, 1.54) is 25.7 Å². The van der Waals surface area contributed by atoms with Gasteiger partial charge in [-0.15, -0.1) is 0 Å². The Morgan fingerprint density at radius 1 is 1.39 bits per heavy atom. The van der Waals surface area contributed by atoms with Crippen molar-refractivity contribution in [3.63, 3.8) is 0 Å². The van der Waals surface area contributed by atoms with Crippen molar-refractivity contribution in [2.75, 3.05) is 19.6 Å². The van der Waals surface area contributed by atoms with Gasteiger partial charge in [-0.05, 0) is 56.8 Å². The van der Waals surface area contributed by atoms with E-state index in [4.69, 9.17) is 0 Å². The maximum Gasteiger partial charge on any atom is 0.270 e. The smallest absolute Gasteiger partial charge is 0.270 e. The first-order valence-corrected chi connectivity index (χ1v) is 6.99. The molecule has 1 unspecified atom stereocenters. The average Bonchev–Trinajstić information content (AvgIpc) is 3.10. The Balaban J connectivity index is 1.66. The van der Waals surface area contributed by atoms with E-state index in [2.05, 4.69) is 15.2 Å². The standard InChI is InChI=1S/C14H21N3O/c18-14(13-4-2-8-16-13)17(12-5-6-12)10-11-3-1-7-15-9-11/h2,4,8,11-12,15-16H,1,3,5-7,9-10H2. The molecule has 98 valence electrons. The Morgan fingerprint density at radius 2 is 2.28 bits per heavy atom. The van der Waals surface area contributed by atoms with Crippen LogP contribution in [-0.4, -0.2) is 41.5 Å². The molecule has 1 atom stereocenters. The zero-order valence-electron chi connectivity index (χ0n) is 10.7. The maximum atomic E-state index is 12.4. The van der Waals surface area contributed by atoms with Crippen LogP contribution in [0.1, 0.15) is 36.2 Å². The minimum Gasteiger partial charge on any atom is -0.357 e. The van der Waals surface area contributed by atoms with Crippen molar-refractivity contribution in [2.45, 2.75) is 31.7 Å². The predicted octanol–water partition coefficient (Wildman–Crippen LogP) is 1.62. The minimum absolute atomic E-state index is 0.174. The predicted molar refractivity (Wildman–Crippen MR) is 70.4 cm³/mol. The molecule has 0 radical (unpaired) electrons. The van der Waals surface area contributed by atoms with Crippen LogP contribution >= 0.6 is 0 Å². The fourth-order valence-electron chi connectivity index (χ4n) is 2.76. The van der Waals surface area contributed by atoms with Crippen molar-refractivity contribution >= 4 is 5.91 Å². The van der Waals surface area contributed by atoms with Crippen LogP contribution in [-0.2, 0) is 0 Å². The van der Waals surface area contributed by atoms with Gasteiger partial charge in [-0.2, -0.15) is 0 Å². The lowest BCUT2D eigenvalue weighted by molar-refractivity contribution is 0.0699. The number of carbonyl (C=O) groups excluding carboxylic acids is 1. The molecule has 4 nitrogen and oxygen atoms in total. The number of nitrogens with zero attached hydrogens (tertiary/aromatic N) is 1. The number of hydrogen-bond donors (Lipinski definition) is 2. The summed E-state index contributed by atoms with van der Waals surface area (Å²) in [4.78, 5) is 17.6. The van der Waals surface area contributed by atoms with E-state index in [1.807, 2.05) is 18.3 Å². The molecule has 0 spiro atoms. The van der Waals surface area contributed by atoms with Crippen molar-refractivity contribution < 1.29 is 4.79 Å². The zero-order chi connectivity index (χ0) is 12.4. The van der Waals surface area contributed by atoms with Crippen LogP contribution in [0.2, 0.25) is 0 Å². The van der Waals surface area contributed by atoms with Crippen LogP contribution in [0, 0.1) is 5.92 Å². The third-order valence-electron chi connectivity index (χ3n) is 3.93. The SMILES string of the molecule is O=C(c1ccc[nH]1)N(CC1CCCNC1)C1CC1. The van der Waals surface area contributed by atoms with Gasteiger partial charge in [0.15, 0.2) is 0 Å². The summed E-state index contributed by atoms with van der Waals surface area (Å²) < 4.78 is 0. The van der Waals surface area contributed by atoms with E-state index < -0.39 is 0 Å². The molecule has 1 aromatic heterocycles. The lowest BCUT2D eigenvalue weighted by atomic mass is 9.99. The topological polar surface area (TPSA) is 48.1 Å². The van der Waals surface area contributed by atoms with Gasteiger partial charge >= 0.3 is 0 Å². The molecule has 2 N–H and O–H groups in total. The summed E-state index contributed by atoms with van der Waals surface area (Å²) in [7, 11) is 0. The largest absolute Gasteiger partial charge is 0.357 e. The molecule has 2 heterocycles. The molecule has 1 saturated carbocycles. The normalized spacial score (nSPS) is 23.9. The number of carbonyl (C=O) groups is 1. The summed E-state index contributed by atoms with van der Waals surface area (Å²) in [6.07, 6.45) is 6.65. The molecular formula is C14H21N3O. The van der Waals surface area contributed by atoms with E-state index >= 15 is 0 Å². The molecular weight excluding hydrogens is 226 g/mol. The van der Waals surface area contributed by atoms with E-state index in [-0.39, 0.29) is 5.91 Å². The van der Waals surface area contributed by atoms with Gasteiger partial charge in [-0.1, -0.05) is 0 Å². The fraction of sp³-hybridized carbons (Fsp3) is 0.643. The van der Waals surface area contributed by atoms with Gasteiger partial charge in [0.2, 0.25) is 0 Å². The molecule has 18 heavy (non-hydrogen) atoms. The van der Waals surface area contributed by atoms with Gasteiger partial charge < -0.3 is 15.2 Å². The molecule has 1 amide bonds. The highest BCUT2D eigenvalue weighted by Gasteiger charge is 2.34. The molecule has 0 bridgehead atoms. The summed E-state index contributed by atoms with van der Waals surface area (Å²) in [5.74, 6) is 0.798. The van der Waals surface area contributed by atoms with Crippen LogP contribution in [0.4, 0.5) is 0 Å². The van der Waals surface area contributed by atoms with Gasteiger partial charge in [0.1, 0.15) is 5.69 Å². The molecule has 1 saturated heterocycles. The van der Waals surface area contributed by atoms with Gasteiger partial charge in [0.25, 0.3) is 5.91 Å². The number of piperidine rings is 1. The monoisotopic (exact) mass is 247 g/mol. The third kappa shape index (κ3) is 2.58. The third-order valence-corrected chi connectivity index (χ3v) is 3.93. The van der Waals surface area contributed by atoms with Crippen molar-refractivity contribution in [3.05, 3.63) is 24.0 Å². The lowest BCUT2D eigenvalue weighted by Gasteiger charge is -2.30. The van der Waals surface area contributed by atoms with E-state index in [1.54, 1.807) is 0 Å². The summed E-state index contributed by atoms with van der Waals surface area (Å²) in [5, 5.41) is 3.43. The van der Waals surface area contributed by atoms with Crippen LogP contribution in [0.25, 0.3) is 0 Å². The van der Waals surface area contributed by atoms with Crippen molar-refractivity contribution in [1.82, 2.24) is 15.2 Å². The van der Waals surface area contributed by atoms with Crippen molar-refractivity contribution in [1.29, 1.82) is 0 Å². The quantitative estimate of drug-likeness (QED) is 0.849. The Bertz CT molecular complexity index is 391. The average molecular weight is 247 g/mol. The minimum atomic E-state index is 0.174. The van der Waals surface area contributed by atoms with Crippen LogP contribution in [0.5, 0.6) is 0 Å². The molecule has 0 aromatic carbocycles. The maximum absolute atomic E-state index is 12.4. The number of hydrogen-bond acceptors (Lipinski definition) is 2. The summed E-state index contributed by atoms with van der Waals surface area (Å²) in [6, 6.07) is 4.25. The molecule has 4 heteroatoms. The van der Waals surface area contributed by atoms with Gasteiger partial charge in [-0.25, -0.2) is 0 Å². The molecule has 1 aliphatic heterocycles. The number of nitrogens with one attached hydrogen (secondary N) is 2. The lowest BCUT2D eigenvalue weighted by Crippen LogP contribution is -2.42. The number of rotatable bonds is 4. The molecule has 2 aliphatic rings. The zero-order valence-corrected chi connectivity index (χ0v) is 10.7. The number of aromatic amines is 1. The second-order valence-corrected chi connectivity index (χ2v) is 5.48. The summed E-state index contributed by atoms with van der Waals surface area (Å²) >= 11 is 0. The van der Waals surface area contributed by atoms with E-state index in [0.29, 0.717) is 12.0 Å². The Morgan fingerprint density at radius 3 is 2.89 bits per heavy atom. The van der Waals surface area contributed by atoms with Gasteiger partial charge in [-0.3, -0.25) is 4.79 Å². The highest BCUT2D eigenvalue weighted by molar-refractivity contribution is 5.92. The first-order chi connectivity index (χ1) is 8.84. The highest BCUT2D eigenvalue weighted by Crippen LogP contribution is 2.29. The van der Waals surface area contributed by atoms with E-state index in [0.717, 1.165) is 25.3 Å². The first-order valence-electron chi connectivity index (χ1n) is 6.99. The van der Waals surface area contributed by atoms with Gasteiger partial charge in [0.05, 0.1) is 0 Å². The van der Waals surface area contributed by atoms with Crippen molar-refractivity contribution in [2.24, 2.45) is 5.92 Å². The molecule has 2 fully saturated rings.